The van der Waals surface area contributed by atoms with Crippen LogP contribution in [0, 0.1) is 0 Å². The number of anilines is 1. The Morgan fingerprint density at radius 1 is 1.29 bits per heavy atom. The van der Waals surface area contributed by atoms with Crippen LogP contribution < -0.4 is 5.73 Å². The molecule has 3 rings (SSSR count). The number of imidazole rings is 1. The maximum Gasteiger partial charge on any atom is 0.167 e. The zero-order valence-electron chi connectivity index (χ0n) is 11.1. The van der Waals surface area contributed by atoms with Crippen LogP contribution in [0.1, 0.15) is 19.1 Å². The number of alkyl halides is 1. The average molecular weight is 314 g/mol. The summed E-state index contributed by atoms with van der Waals surface area (Å²) in [6.45, 7) is 0. The van der Waals surface area contributed by atoms with Crippen molar-refractivity contribution >= 4 is 28.6 Å². The van der Waals surface area contributed by atoms with Crippen molar-refractivity contribution in [3.63, 3.8) is 0 Å². The van der Waals surface area contributed by atoms with E-state index in [0.29, 0.717) is 29.9 Å². The lowest BCUT2D eigenvalue weighted by molar-refractivity contribution is -0.0369. The molecule has 0 amide bonds. The maximum absolute atomic E-state index is 10.2. The predicted octanol–water partition coefficient (Wildman–Crippen LogP) is 0.0467. The van der Waals surface area contributed by atoms with E-state index in [-0.39, 0.29) is 5.82 Å². The van der Waals surface area contributed by atoms with Crippen molar-refractivity contribution in [3.8, 4) is 0 Å². The van der Waals surface area contributed by atoms with E-state index in [2.05, 4.69) is 15.0 Å². The minimum atomic E-state index is -1.07. The topological polar surface area (TPSA) is 119 Å². The third kappa shape index (κ3) is 2.44. The molecule has 4 atom stereocenters. The number of nitrogens with zero attached hydrogens (tertiary/aromatic N) is 4. The first kappa shape index (κ1) is 14.5. The normalized spacial score (nSPS) is 29.3. The van der Waals surface area contributed by atoms with Crippen LogP contribution in [0.3, 0.4) is 0 Å². The van der Waals surface area contributed by atoms with Gasteiger partial charge in [0.15, 0.2) is 17.7 Å². The third-order valence-corrected chi connectivity index (χ3v) is 3.89. The van der Waals surface area contributed by atoms with Gasteiger partial charge in [0.25, 0.3) is 0 Å². The molecule has 0 bridgehead atoms. The zero-order valence-corrected chi connectivity index (χ0v) is 11.9. The van der Waals surface area contributed by atoms with Crippen molar-refractivity contribution < 1.29 is 14.9 Å². The largest absolute Gasteiger partial charge is 0.388 e. The molecule has 8 nitrogen and oxygen atoms in total. The summed E-state index contributed by atoms with van der Waals surface area (Å²) in [5.74, 6) is 0.732. The highest BCUT2D eigenvalue weighted by atomic mass is 35.5. The van der Waals surface area contributed by atoms with Gasteiger partial charge in [0.1, 0.15) is 24.1 Å². The van der Waals surface area contributed by atoms with Crippen molar-refractivity contribution in [1.29, 1.82) is 0 Å². The van der Waals surface area contributed by atoms with Crippen molar-refractivity contribution in [2.24, 2.45) is 0 Å². The first-order valence-electron chi connectivity index (χ1n) is 6.64. The van der Waals surface area contributed by atoms with Gasteiger partial charge in [0.05, 0.1) is 12.4 Å². The van der Waals surface area contributed by atoms with Crippen LogP contribution in [0.5, 0.6) is 0 Å². The SMILES string of the molecule is Nc1ncnc2c1ncn2[C@@H]1O[C@H](CCCCl)[C@@H](O)[C@H]1O. The fourth-order valence-electron chi connectivity index (χ4n) is 2.53. The molecule has 0 aromatic carbocycles. The summed E-state index contributed by atoms with van der Waals surface area (Å²) < 4.78 is 7.30. The Kier molecular flexibility index (Phi) is 3.94. The van der Waals surface area contributed by atoms with Gasteiger partial charge in [-0.15, -0.1) is 11.6 Å². The van der Waals surface area contributed by atoms with Crippen LogP contribution in [-0.4, -0.2) is 53.9 Å². The predicted molar refractivity (Wildman–Crippen MR) is 75.6 cm³/mol. The Balaban J connectivity index is 1.90. The molecule has 0 unspecified atom stereocenters. The lowest BCUT2D eigenvalue weighted by Gasteiger charge is -2.16. The van der Waals surface area contributed by atoms with E-state index >= 15 is 0 Å². The molecule has 1 fully saturated rings. The van der Waals surface area contributed by atoms with E-state index < -0.39 is 24.5 Å². The molecule has 3 heterocycles. The van der Waals surface area contributed by atoms with Gasteiger partial charge in [-0.3, -0.25) is 4.57 Å². The molecule has 114 valence electrons. The average Bonchev–Trinajstić information content (AvgIpc) is 3.02. The second kappa shape index (κ2) is 5.72. The minimum absolute atomic E-state index is 0.255. The molecule has 0 saturated carbocycles. The summed E-state index contributed by atoms with van der Waals surface area (Å²) in [5, 5.41) is 20.3. The number of aliphatic hydroxyl groups is 2. The van der Waals surface area contributed by atoms with Crippen LogP contribution in [0.2, 0.25) is 0 Å². The number of fused-ring (bicyclic) bond motifs is 1. The highest BCUT2D eigenvalue weighted by molar-refractivity contribution is 6.17. The van der Waals surface area contributed by atoms with Gasteiger partial charge in [-0.25, -0.2) is 15.0 Å². The first-order valence-corrected chi connectivity index (χ1v) is 7.17. The van der Waals surface area contributed by atoms with Crippen molar-refractivity contribution in [1.82, 2.24) is 19.5 Å². The summed E-state index contributed by atoms with van der Waals surface area (Å²) in [5.41, 5.74) is 6.62. The van der Waals surface area contributed by atoms with Gasteiger partial charge in [-0.2, -0.15) is 0 Å². The molecular weight excluding hydrogens is 298 g/mol. The van der Waals surface area contributed by atoms with E-state index in [9.17, 15) is 10.2 Å². The molecule has 2 aromatic rings. The molecule has 2 aromatic heterocycles. The molecule has 0 aliphatic carbocycles. The van der Waals surface area contributed by atoms with Crippen LogP contribution in [0.15, 0.2) is 12.7 Å². The Hall–Kier alpha value is -1.48. The second-order valence-corrected chi connectivity index (χ2v) is 5.34. The van der Waals surface area contributed by atoms with Gasteiger partial charge >= 0.3 is 0 Å². The van der Waals surface area contributed by atoms with E-state index in [0.717, 1.165) is 0 Å². The van der Waals surface area contributed by atoms with Gasteiger partial charge < -0.3 is 20.7 Å². The van der Waals surface area contributed by atoms with Gasteiger partial charge in [0, 0.05) is 5.88 Å². The number of aliphatic hydroxyl groups excluding tert-OH is 2. The molecule has 21 heavy (non-hydrogen) atoms. The number of ether oxygens (including phenoxy) is 1. The van der Waals surface area contributed by atoms with Crippen molar-refractivity contribution in [2.75, 3.05) is 11.6 Å². The fourth-order valence-corrected chi connectivity index (χ4v) is 2.69. The number of hydrogen-bond donors (Lipinski definition) is 3. The summed E-state index contributed by atoms with van der Waals surface area (Å²) in [4.78, 5) is 12.1. The van der Waals surface area contributed by atoms with Gasteiger partial charge in [-0.1, -0.05) is 0 Å². The summed E-state index contributed by atoms with van der Waals surface area (Å²) >= 11 is 5.65. The lowest BCUT2D eigenvalue weighted by Crippen LogP contribution is -2.31. The Labute approximate surface area is 125 Å². The number of nitrogens with two attached hydrogens (primary N) is 1. The smallest absolute Gasteiger partial charge is 0.167 e. The number of rotatable bonds is 4. The van der Waals surface area contributed by atoms with Crippen LogP contribution >= 0.6 is 11.6 Å². The molecule has 1 aliphatic rings. The molecule has 1 saturated heterocycles. The highest BCUT2D eigenvalue weighted by Gasteiger charge is 2.43. The molecule has 0 radical (unpaired) electrons. The standard InChI is InChI=1S/C12H16ClN5O3/c13-3-1-2-6-8(19)9(20)12(21-6)18-5-17-7-10(14)15-4-16-11(7)18/h4-6,8-9,12,19-20H,1-3H2,(H2,14,15,16)/t6-,8-,9-,12-/m1/s1. The fraction of sp³-hybridized carbons (Fsp3) is 0.583. The first-order chi connectivity index (χ1) is 10.1. The van der Waals surface area contributed by atoms with E-state index in [1.165, 1.54) is 12.7 Å². The van der Waals surface area contributed by atoms with Crippen LogP contribution in [-0.2, 0) is 4.74 Å². The highest BCUT2D eigenvalue weighted by Crippen LogP contribution is 2.33. The Bertz CT molecular complexity index is 636. The van der Waals surface area contributed by atoms with E-state index in [4.69, 9.17) is 22.1 Å². The molecule has 4 N–H and O–H groups in total. The lowest BCUT2D eigenvalue weighted by atomic mass is 10.1. The van der Waals surface area contributed by atoms with Crippen LogP contribution in [0.25, 0.3) is 11.2 Å². The van der Waals surface area contributed by atoms with Crippen molar-refractivity contribution in [2.45, 2.75) is 37.4 Å². The Morgan fingerprint density at radius 3 is 2.86 bits per heavy atom. The zero-order chi connectivity index (χ0) is 15.0. The molecular formula is C12H16ClN5O3. The number of halogens is 1. The Morgan fingerprint density at radius 2 is 2.10 bits per heavy atom. The van der Waals surface area contributed by atoms with E-state index in [1.807, 2.05) is 0 Å². The number of hydrogen-bond acceptors (Lipinski definition) is 7. The van der Waals surface area contributed by atoms with Gasteiger partial charge in [0.2, 0.25) is 0 Å². The summed E-state index contributed by atoms with van der Waals surface area (Å²) in [7, 11) is 0. The quantitative estimate of drug-likeness (QED) is 0.682. The molecule has 0 spiro atoms. The van der Waals surface area contributed by atoms with Crippen LogP contribution in [0.4, 0.5) is 5.82 Å². The molecule has 9 heteroatoms. The van der Waals surface area contributed by atoms with E-state index in [1.54, 1.807) is 4.57 Å². The monoisotopic (exact) mass is 313 g/mol. The maximum atomic E-state index is 10.2. The number of aromatic nitrogens is 4. The molecule has 1 aliphatic heterocycles. The van der Waals surface area contributed by atoms with Gasteiger partial charge in [-0.05, 0) is 12.8 Å². The number of nitrogen functional groups attached to an aromatic ring is 1. The van der Waals surface area contributed by atoms with Crippen molar-refractivity contribution in [3.05, 3.63) is 12.7 Å². The third-order valence-electron chi connectivity index (χ3n) is 3.62. The second-order valence-electron chi connectivity index (χ2n) is 4.96. The summed E-state index contributed by atoms with van der Waals surface area (Å²) in [6.07, 6.45) is 0.775. The summed E-state index contributed by atoms with van der Waals surface area (Å²) in [6, 6.07) is 0. The minimum Gasteiger partial charge on any atom is -0.388 e.